The van der Waals surface area contributed by atoms with Gasteiger partial charge in [0.25, 0.3) is 11.8 Å². The molecule has 4 rings (SSSR count). The minimum Gasteiger partial charge on any atom is -0.369 e. The van der Waals surface area contributed by atoms with Crippen molar-refractivity contribution in [1.29, 1.82) is 0 Å². The Bertz CT molecular complexity index is 798. The normalized spacial score (nSPS) is 17.1. The van der Waals surface area contributed by atoms with Gasteiger partial charge in [-0.05, 0) is 36.4 Å². The van der Waals surface area contributed by atoms with Gasteiger partial charge in [0.05, 0.1) is 11.1 Å². The predicted molar refractivity (Wildman–Crippen MR) is 109 cm³/mol. The highest BCUT2D eigenvalue weighted by molar-refractivity contribution is 6.30. The van der Waals surface area contributed by atoms with Crippen LogP contribution in [-0.2, 0) is 0 Å². The second-order valence-corrected chi connectivity index (χ2v) is 7.05. The number of nitrogens with zero attached hydrogens (tertiary/aromatic N) is 3. The van der Waals surface area contributed by atoms with Crippen molar-refractivity contribution in [3.63, 3.8) is 0 Å². The zero-order chi connectivity index (χ0) is 18.1. The molecule has 142 valence electrons. The van der Waals surface area contributed by atoms with E-state index in [1.165, 1.54) is 10.6 Å². The number of carbonyl (C=O) groups excluding carboxylic acids is 2. The Hall–Kier alpha value is -2.08. The summed E-state index contributed by atoms with van der Waals surface area (Å²) in [6, 6.07) is 14.9. The van der Waals surface area contributed by atoms with E-state index >= 15 is 0 Å². The number of fused-ring (bicyclic) bond motifs is 1. The van der Waals surface area contributed by atoms with Gasteiger partial charge in [0.1, 0.15) is 0 Å². The first kappa shape index (κ1) is 19.7. The van der Waals surface area contributed by atoms with Crippen LogP contribution < -0.4 is 4.90 Å². The molecule has 7 heteroatoms. The molecule has 0 aliphatic carbocycles. The van der Waals surface area contributed by atoms with Gasteiger partial charge in [0.2, 0.25) is 0 Å². The van der Waals surface area contributed by atoms with Gasteiger partial charge in [-0.25, -0.2) is 0 Å². The lowest BCUT2D eigenvalue weighted by molar-refractivity contribution is 0.0635. The number of anilines is 1. The molecule has 0 bridgehead atoms. The van der Waals surface area contributed by atoms with E-state index in [0.717, 1.165) is 31.2 Å². The van der Waals surface area contributed by atoms with Crippen LogP contribution in [0.15, 0.2) is 48.5 Å². The third-order valence-electron chi connectivity index (χ3n) is 5.08. The minimum absolute atomic E-state index is 0. The largest absolute Gasteiger partial charge is 0.369 e. The predicted octanol–water partition coefficient (Wildman–Crippen LogP) is 3.18. The number of hydrogen-bond donors (Lipinski definition) is 0. The molecule has 2 aromatic rings. The van der Waals surface area contributed by atoms with Crippen molar-refractivity contribution in [2.45, 2.75) is 0 Å². The summed E-state index contributed by atoms with van der Waals surface area (Å²) in [5.41, 5.74) is 2.21. The van der Waals surface area contributed by atoms with Crippen molar-refractivity contribution in [2.75, 3.05) is 44.2 Å². The van der Waals surface area contributed by atoms with Crippen LogP contribution in [0.1, 0.15) is 20.7 Å². The Morgan fingerprint density at radius 2 is 1.33 bits per heavy atom. The second-order valence-electron chi connectivity index (χ2n) is 6.61. The third kappa shape index (κ3) is 3.95. The standard InChI is InChI=1S/C20H20ClN3O2.ClH/c21-15-5-7-16(8-6-15)23-12-9-22(10-13-23)11-14-24-19(25)17-3-1-2-4-18(17)20(24)26;/h1-8H,9-14H2;1H. The fourth-order valence-electron chi connectivity index (χ4n) is 3.57. The van der Waals surface area contributed by atoms with Crippen LogP contribution in [0.2, 0.25) is 5.02 Å². The summed E-state index contributed by atoms with van der Waals surface area (Å²) in [5.74, 6) is -0.351. The summed E-state index contributed by atoms with van der Waals surface area (Å²) in [6.45, 7) is 4.80. The number of piperazine rings is 1. The van der Waals surface area contributed by atoms with Crippen LogP contribution in [0.5, 0.6) is 0 Å². The van der Waals surface area contributed by atoms with Crippen molar-refractivity contribution in [1.82, 2.24) is 9.80 Å². The van der Waals surface area contributed by atoms with Crippen LogP contribution in [0.4, 0.5) is 5.69 Å². The molecule has 0 N–H and O–H groups in total. The van der Waals surface area contributed by atoms with Crippen molar-refractivity contribution < 1.29 is 9.59 Å². The van der Waals surface area contributed by atoms with E-state index in [2.05, 4.69) is 9.80 Å². The van der Waals surface area contributed by atoms with Crippen LogP contribution in [0, 0.1) is 0 Å². The van der Waals surface area contributed by atoms with Gasteiger partial charge in [-0.2, -0.15) is 0 Å². The molecule has 2 amide bonds. The Morgan fingerprint density at radius 3 is 1.89 bits per heavy atom. The lowest BCUT2D eigenvalue weighted by Gasteiger charge is -2.36. The summed E-state index contributed by atoms with van der Waals surface area (Å²) in [4.78, 5) is 30.8. The number of carbonyl (C=O) groups is 2. The first-order valence-corrected chi connectivity index (χ1v) is 9.19. The van der Waals surface area contributed by atoms with Crippen molar-refractivity contribution in [3.8, 4) is 0 Å². The minimum atomic E-state index is -0.176. The summed E-state index contributed by atoms with van der Waals surface area (Å²) in [7, 11) is 0. The zero-order valence-corrected chi connectivity index (χ0v) is 16.4. The molecule has 2 aliphatic rings. The van der Waals surface area contributed by atoms with Gasteiger partial charge in [0.15, 0.2) is 0 Å². The first-order valence-electron chi connectivity index (χ1n) is 8.81. The van der Waals surface area contributed by atoms with E-state index < -0.39 is 0 Å². The molecule has 0 unspecified atom stereocenters. The Kier molecular flexibility index (Phi) is 6.05. The molecule has 2 heterocycles. The monoisotopic (exact) mass is 405 g/mol. The van der Waals surface area contributed by atoms with Gasteiger partial charge in [-0.15, -0.1) is 12.4 Å². The molecule has 0 aromatic heterocycles. The molecule has 1 fully saturated rings. The van der Waals surface area contributed by atoms with E-state index in [4.69, 9.17) is 11.6 Å². The lowest BCUT2D eigenvalue weighted by Crippen LogP contribution is -2.49. The molecule has 0 spiro atoms. The molecule has 2 aromatic carbocycles. The average molecular weight is 406 g/mol. The van der Waals surface area contributed by atoms with E-state index in [-0.39, 0.29) is 24.2 Å². The van der Waals surface area contributed by atoms with Crippen molar-refractivity contribution in [2.24, 2.45) is 0 Å². The number of hydrogen-bond acceptors (Lipinski definition) is 4. The van der Waals surface area contributed by atoms with Gasteiger partial charge in [-0.3, -0.25) is 19.4 Å². The molecule has 0 saturated carbocycles. The Labute approximate surface area is 169 Å². The van der Waals surface area contributed by atoms with Gasteiger partial charge in [0, 0.05) is 50.0 Å². The summed E-state index contributed by atoms with van der Waals surface area (Å²) < 4.78 is 0. The number of rotatable bonds is 4. The maximum absolute atomic E-state index is 12.4. The first-order chi connectivity index (χ1) is 12.6. The van der Waals surface area contributed by atoms with E-state index in [1.54, 1.807) is 24.3 Å². The Morgan fingerprint density at radius 1 is 0.778 bits per heavy atom. The van der Waals surface area contributed by atoms with Gasteiger partial charge in [-0.1, -0.05) is 23.7 Å². The molecule has 2 aliphatic heterocycles. The molecular formula is C20H21Cl2N3O2. The number of imide groups is 1. The summed E-state index contributed by atoms with van der Waals surface area (Å²) in [6.07, 6.45) is 0. The smallest absolute Gasteiger partial charge is 0.261 e. The number of halogens is 2. The zero-order valence-electron chi connectivity index (χ0n) is 14.8. The van der Waals surface area contributed by atoms with Crippen molar-refractivity contribution >= 4 is 41.5 Å². The van der Waals surface area contributed by atoms with E-state index in [1.807, 2.05) is 24.3 Å². The highest BCUT2D eigenvalue weighted by Crippen LogP contribution is 2.23. The molecule has 1 saturated heterocycles. The summed E-state index contributed by atoms with van der Waals surface area (Å²) in [5, 5.41) is 0.744. The maximum atomic E-state index is 12.4. The third-order valence-corrected chi connectivity index (χ3v) is 5.33. The molecule has 5 nitrogen and oxygen atoms in total. The second kappa shape index (κ2) is 8.30. The van der Waals surface area contributed by atoms with Crippen LogP contribution in [-0.4, -0.2) is 60.9 Å². The highest BCUT2D eigenvalue weighted by atomic mass is 35.5. The fraction of sp³-hybridized carbons (Fsp3) is 0.300. The highest BCUT2D eigenvalue weighted by Gasteiger charge is 2.35. The molecule has 0 radical (unpaired) electrons. The molecule has 0 atom stereocenters. The molecule has 27 heavy (non-hydrogen) atoms. The average Bonchev–Trinajstić information content (AvgIpc) is 2.92. The topological polar surface area (TPSA) is 43.9 Å². The SMILES string of the molecule is Cl.O=C1c2ccccc2C(=O)N1CCN1CCN(c2ccc(Cl)cc2)CC1. The van der Waals surface area contributed by atoms with Gasteiger partial charge < -0.3 is 4.90 Å². The van der Waals surface area contributed by atoms with Crippen molar-refractivity contribution in [3.05, 3.63) is 64.7 Å². The number of amides is 2. The lowest BCUT2D eigenvalue weighted by atomic mass is 10.1. The van der Waals surface area contributed by atoms with Gasteiger partial charge >= 0.3 is 0 Å². The molecular weight excluding hydrogens is 385 g/mol. The maximum Gasteiger partial charge on any atom is 0.261 e. The van der Waals surface area contributed by atoms with E-state index in [9.17, 15) is 9.59 Å². The van der Waals surface area contributed by atoms with Crippen LogP contribution in [0.3, 0.4) is 0 Å². The quantitative estimate of drug-likeness (QED) is 0.732. The summed E-state index contributed by atoms with van der Waals surface area (Å²) >= 11 is 5.95. The van der Waals surface area contributed by atoms with Crippen LogP contribution >= 0.6 is 24.0 Å². The fourth-order valence-corrected chi connectivity index (χ4v) is 3.69. The van der Waals surface area contributed by atoms with E-state index in [0.29, 0.717) is 24.2 Å². The van der Waals surface area contributed by atoms with Crippen LogP contribution in [0.25, 0.3) is 0 Å². The number of benzene rings is 2. The Balaban J connectivity index is 0.00000210.